The van der Waals surface area contributed by atoms with Gasteiger partial charge in [0.2, 0.25) is 5.91 Å². The minimum atomic E-state index is -0.420. The van der Waals surface area contributed by atoms with Crippen LogP contribution in [-0.2, 0) is 30.2 Å². The first-order valence-corrected chi connectivity index (χ1v) is 7.90. The van der Waals surface area contributed by atoms with Crippen molar-refractivity contribution in [1.29, 1.82) is 0 Å². The van der Waals surface area contributed by atoms with Gasteiger partial charge in [0.1, 0.15) is 0 Å². The second kappa shape index (κ2) is 6.23. The van der Waals surface area contributed by atoms with Gasteiger partial charge in [0.05, 0.1) is 19.0 Å². The molecule has 1 atom stereocenters. The molecule has 2 aromatic rings. The number of fused-ring (bicyclic) bond motifs is 1. The van der Waals surface area contributed by atoms with Crippen LogP contribution in [0.4, 0.5) is 0 Å². The zero-order valence-corrected chi connectivity index (χ0v) is 14.1. The van der Waals surface area contributed by atoms with Crippen molar-refractivity contribution >= 4 is 17.1 Å². The molecule has 1 saturated heterocycles. The lowest BCUT2D eigenvalue weighted by molar-refractivity contribution is -0.138. The zero-order valence-electron chi connectivity index (χ0n) is 14.1. The highest BCUT2D eigenvalue weighted by Gasteiger charge is 2.21. The Hall–Kier alpha value is -2.42. The maximum absolute atomic E-state index is 12.3. The van der Waals surface area contributed by atoms with Crippen molar-refractivity contribution in [1.82, 2.24) is 23.6 Å². The van der Waals surface area contributed by atoms with Crippen LogP contribution in [0, 0.1) is 0 Å². The molecule has 3 heterocycles. The first kappa shape index (κ1) is 16.4. The molecule has 24 heavy (non-hydrogen) atoms. The van der Waals surface area contributed by atoms with Crippen LogP contribution in [0.5, 0.6) is 0 Å². The summed E-state index contributed by atoms with van der Waals surface area (Å²) in [4.78, 5) is 42.5. The molecular formula is C15H21N5O4. The predicted molar refractivity (Wildman–Crippen MR) is 86.8 cm³/mol. The largest absolute Gasteiger partial charge is 0.375 e. The van der Waals surface area contributed by atoms with Crippen molar-refractivity contribution < 1.29 is 9.53 Å². The van der Waals surface area contributed by atoms with Gasteiger partial charge in [-0.25, -0.2) is 9.78 Å². The lowest BCUT2D eigenvalue weighted by atomic mass is 10.2. The van der Waals surface area contributed by atoms with Crippen molar-refractivity contribution in [2.75, 3.05) is 19.7 Å². The van der Waals surface area contributed by atoms with E-state index in [4.69, 9.17) is 4.74 Å². The number of hydrogen-bond acceptors (Lipinski definition) is 5. The molecule has 0 aliphatic carbocycles. The van der Waals surface area contributed by atoms with Crippen LogP contribution in [0.25, 0.3) is 11.2 Å². The lowest BCUT2D eigenvalue weighted by Crippen LogP contribution is -2.44. The van der Waals surface area contributed by atoms with Crippen LogP contribution in [0.3, 0.4) is 0 Å². The fourth-order valence-electron chi connectivity index (χ4n) is 2.99. The summed E-state index contributed by atoms with van der Waals surface area (Å²) in [5.41, 5.74) is -0.160. The highest BCUT2D eigenvalue weighted by Crippen LogP contribution is 2.09. The van der Waals surface area contributed by atoms with Crippen LogP contribution < -0.4 is 11.2 Å². The summed E-state index contributed by atoms with van der Waals surface area (Å²) < 4.78 is 9.45. The maximum Gasteiger partial charge on any atom is 0.332 e. The Morgan fingerprint density at radius 1 is 1.33 bits per heavy atom. The molecular weight excluding hydrogens is 314 g/mol. The summed E-state index contributed by atoms with van der Waals surface area (Å²) in [6.45, 7) is 4.00. The van der Waals surface area contributed by atoms with E-state index in [0.717, 1.165) is 4.57 Å². The van der Waals surface area contributed by atoms with Gasteiger partial charge in [-0.05, 0) is 6.92 Å². The van der Waals surface area contributed by atoms with Gasteiger partial charge in [-0.3, -0.25) is 18.7 Å². The third-order valence-electron chi connectivity index (χ3n) is 4.38. The highest BCUT2D eigenvalue weighted by molar-refractivity contribution is 5.76. The topological polar surface area (TPSA) is 91.4 Å². The smallest absolute Gasteiger partial charge is 0.332 e. The van der Waals surface area contributed by atoms with E-state index >= 15 is 0 Å². The van der Waals surface area contributed by atoms with Gasteiger partial charge < -0.3 is 14.2 Å². The van der Waals surface area contributed by atoms with E-state index in [2.05, 4.69) is 4.98 Å². The average molecular weight is 335 g/mol. The third-order valence-corrected chi connectivity index (χ3v) is 4.38. The normalized spacial score (nSPS) is 18.3. The molecule has 1 aliphatic heterocycles. The summed E-state index contributed by atoms with van der Waals surface area (Å²) in [6.07, 6.45) is 1.81. The molecule has 0 spiro atoms. The van der Waals surface area contributed by atoms with Crippen molar-refractivity contribution in [3.63, 3.8) is 0 Å². The number of hydrogen-bond donors (Lipinski definition) is 0. The van der Waals surface area contributed by atoms with E-state index in [0.29, 0.717) is 37.4 Å². The van der Waals surface area contributed by atoms with E-state index in [1.54, 1.807) is 16.5 Å². The first-order chi connectivity index (χ1) is 11.4. The minimum absolute atomic E-state index is 0.0219. The fourth-order valence-corrected chi connectivity index (χ4v) is 2.99. The second-order valence-electron chi connectivity index (χ2n) is 6.09. The van der Waals surface area contributed by atoms with Crippen LogP contribution >= 0.6 is 0 Å². The van der Waals surface area contributed by atoms with Crippen molar-refractivity contribution in [2.45, 2.75) is 26.0 Å². The van der Waals surface area contributed by atoms with E-state index in [-0.39, 0.29) is 18.4 Å². The number of ether oxygens (including phenoxy) is 1. The Kier molecular flexibility index (Phi) is 4.27. The number of nitrogens with zero attached hydrogens (tertiary/aromatic N) is 5. The van der Waals surface area contributed by atoms with E-state index in [9.17, 15) is 14.4 Å². The second-order valence-corrected chi connectivity index (χ2v) is 6.09. The molecule has 0 N–H and O–H groups in total. The van der Waals surface area contributed by atoms with Crippen molar-refractivity contribution in [2.24, 2.45) is 14.1 Å². The molecule has 130 valence electrons. The van der Waals surface area contributed by atoms with Gasteiger partial charge in [-0.2, -0.15) is 0 Å². The zero-order chi connectivity index (χ0) is 17.4. The SMILES string of the molecule is CC1CN(C(=O)CCn2cnc3c2c(=O)n(C)c(=O)n3C)CCO1. The van der Waals surface area contributed by atoms with Crippen LogP contribution in [0.15, 0.2) is 15.9 Å². The minimum Gasteiger partial charge on any atom is -0.375 e. The third kappa shape index (κ3) is 2.75. The number of amides is 1. The van der Waals surface area contributed by atoms with Crippen LogP contribution in [-0.4, -0.2) is 55.3 Å². The quantitative estimate of drug-likeness (QED) is 0.723. The number of carbonyl (C=O) groups excluding carboxylic acids is 1. The van der Waals surface area contributed by atoms with Gasteiger partial charge in [0.25, 0.3) is 5.56 Å². The summed E-state index contributed by atoms with van der Waals surface area (Å²) in [7, 11) is 3.00. The Morgan fingerprint density at radius 3 is 2.79 bits per heavy atom. The average Bonchev–Trinajstić information content (AvgIpc) is 3.00. The first-order valence-electron chi connectivity index (χ1n) is 7.90. The van der Waals surface area contributed by atoms with Crippen molar-refractivity contribution in [3.05, 3.63) is 27.2 Å². The van der Waals surface area contributed by atoms with Gasteiger partial charge in [-0.1, -0.05) is 0 Å². The van der Waals surface area contributed by atoms with Gasteiger partial charge >= 0.3 is 5.69 Å². The molecule has 0 bridgehead atoms. The Bertz CT molecular complexity index is 894. The van der Waals surface area contributed by atoms with E-state index in [1.165, 1.54) is 17.9 Å². The molecule has 9 nitrogen and oxygen atoms in total. The Balaban J connectivity index is 1.83. The van der Waals surface area contributed by atoms with Gasteiger partial charge in [0, 0.05) is 40.2 Å². The number of imidazole rings is 1. The molecule has 0 aromatic carbocycles. The van der Waals surface area contributed by atoms with Crippen LogP contribution in [0.1, 0.15) is 13.3 Å². The number of aromatic nitrogens is 4. The summed E-state index contributed by atoms with van der Waals surface area (Å²) >= 11 is 0. The molecule has 1 fully saturated rings. The summed E-state index contributed by atoms with van der Waals surface area (Å²) in [6, 6.07) is 0. The number of rotatable bonds is 3. The lowest BCUT2D eigenvalue weighted by Gasteiger charge is -2.31. The van der Waals surface area contributed by atoms with E-state index in [1.807, 2.05) is 6.92 Å². The molecule has 1 aliphatic rings. The van der Waals surface area contributed by atoms with Crippen molar-refractivity contribution in [3.8, 4) is 0 Å². The molecule has 3 rings (SSSR count). The van der Waals surface area contributed by atoms with Crippen LogP contribution in [0.2, 0.25) is 0 Å². The number of aryl methyl sites for hydroxylation is 2. The molecule has 1 unspecified atom stereocenters. The van der Waals surface area contributed by atoms with Gasteiger partial charge in [-0.15, -0.1) is 0 Å². The molecule has 0 saturated carbocycles. The standard InChI is InChI=1S/C15H21N5O4/c1-10-8-19(6-7-24-10)11(21)4-5-20-9-16-13-12(20)14(22)18(3)15(23)17(13)2/h9-10H,4-8H2,1-3H3. The Labute approximate surface area is 138 Å². The van der Waals surface area contributed by atoms with E-state index < -0.39 is 11.2 Å². The molecule has 9 heteroatoms. The number of carbonyl (C=O) groups is 1. The molecule has 1 amide bonds. The summed E-state index contributed by atoms with van der Waals surface area (Å²) in [5.74, 6) is 0.0219. The number of morpholine rings is 1. The fraction of sp³-hybridized carbons (Fsp3) is 0.600. The summed E-state index contributed by atoms with van der Waals surface area (Å²) in [5, 5.41) is 0. The van der Waals surface area contributed by atoms with Gasteiger partial charge in [0.15, 0.2) is 11.2 Å². The Morgan fingerprint density at radius 2 is 2.08 bits per heavy atom. The predicted octanol–water partition coefficient (Wildman–Crippen LogP) is -0.929. The molecule has 2 aromatic heterocycles. The highest BCUT2D eigenvalue weighted by atomic mass is 16.5. The molecule has 0 radical (unpaired) electrons. The monoisotopic (exact) mass is 335 g/mol. The maximum atomic E-state index is 12.3.